The van der Waals surface area contributed by atoms with Gasteiger partial charge >= 0.3 is 6.36 Å². The molecule has 0 radical (unpaired) electrons. The van der Waals surface area contributed by atoms with Crippen LogP contribution < -0.4 is 15.0 Å². The minimum atomic E-state index is -4.81. The number of hydrogen-bond donors (Lipinski definition) is 1. The first-order valence-corrected chi connectivity index (χ1v) is 7.89. The number of rotatable bonds is 4. The summed E-state index contributed by atoms with van der Waals surface area (Å²) in [5.74, 6) is -0.922. The summed E-state index contributed by atoms with van der Waals surface area (Å²) in [7, 11) is 0. The van der Waals surface area contributed by atoms with E-state index in [1.165, 1.54) is 12.1 Å². The Hall–Kier alpha value is -3.03. The van der Waals surface area contributed by atoms with Gasteiger partial charge in [-0.2, -0.15) is 0 Å². The van der Waals surface area contributed by atoms with Crippen molar-refractivity contribution in [3.05, 3.63) is 54.1 Å². The van der Waals surface area contributed by atoms with E-state index in [4.69, 9.17) is 0 Å². The molecule has 0 aliphatic carbocycles. The van der Waals surface area contributed by atoms with Gasteiger partial charge in [-0.1, -0.05) is 12.1 Å². The van der Waals surface area contributed by atoms with Gasteiger partial charge in [-0.05, 0) is 36.8 Å². The number of hydrogen-bond acceptors (Lipinski definition) is 3. The summed E-state index contributed by atoms with van der Waals surface area (Å²) in [6.07, 6.45) is -3.57. The van der Waals surface area contributed by atoms with Gasteiger partial charge in [0.1, 0.15) is 5.75 Å². The number of benzene rings is 2. The van der Waals surface area contributed by atoms with Crippen LogP contribution in [0.1, 0.15) is 23.2 Å². The normalized spacial score (nSPS) is 14.4. The molecule has 0 saturated carbocycles. The van der Waals surface area contributed by atoms with Crippen molar-refractivity contribution in [3.63, 3.8) is 0 Å². The molecule has 5 nitrogen and oxygen atoms in total. The Kier molecular flexibility index (Phi) is 4.83. The second-order valence-electron chi connectivity index (χ2n) is 5.73. The van der Waals surface area contributed by atoms with Crippen LogP contribution in [0.5, 0.6) is 5.75 Å². The number of halogens is 3. The molecule has 0 atom stereocenters. The van der Waals surface area contributed by atoms with E-state index in [-0.39, 0.29) is 11.6 Å². The number of anilines is 2. The molecule has 1 fully saturated rings. The average Bonchev–Trinajstić information content (AvgIpc) is 3.00. The Morgan fingerprint density at radius 3 is 2.58 bits per heavy atom. The van der Waals surface area contributed by atoms with Crippen molar-refractivity contribution >= 4 is 23.2 Å². The fraction of sp³-hybridized carbons (Fsp3) is 0.222. The molecule has 26 heavy (non-hydrogen) atoms. The quantitative estimate of drug-likeness (QED) is 0.893. The topological polar surface area (TPSA) is 58.6 Å². The van der Waals surface area contributed by atoms with Gasteiger partial charge in [0.05, 0.1) is 0 Å². The van der Waals surface area contributed by atoms with Gasteiger partial charge in [0.2, 0.25) is 5.91 Å². The van der Waals surface area contributed by atoms with Crippen LogP contribution in [0.25, 0.3) is 0 Å². The zero-order valence-corrected chi connectivity index (χ0v) is 13.5. The molecule has 3 rings (SSSR count). The maximum absolute atomic E-state index is 12.4. The second-order valence-corrected chi connectivity index (χ2v) is 5.73. The average molecular weight is 364 g/mol. The van der Waals surface area contributed by atoms with Crippen molar-refractivity contribution in [3.8, 4) is 5.75 Å². The summed E-state index contributed by atoms with van der Waals surface area (Å²) in [5, 5.41) is 2.52. The number of nitrogens with one attached hydrogen (secondary N) is 1. The van der Waals surface area contributed by atoms with Crippen molar-refractivity contribution in [1.29, 1.82) is 0 Å². The third-order valence-electron chi connectivity index (χ3n) is 3.82. The largest absolute Gasteiger partial charge is 0.573 e. The lowest BCUT2D eigenvalue weighted by molar-refractivity contribution is -0.274. The Morgan fingerprint density at radius 2 is 1.88 bits per heavy atom. The number of carbonyl (C=O) groups excluding carboxylic acids is 2. The highest BCUT2D eigenvalue weighted by atomic mass is 19.4. The van der Waals surface area contributed by atoms with Crippen molar-refractivity contribution in [1.82, 2.24) is 0 Å². The van der Waals surface area contributed by atoms with Crippen LogP contribution in [0.4, 0.5) is 24.5 Å². The Morgan fingerprint density at radius 1 is 1.12 bits per heavy atom. The standard InChI is InChI=1S/C18H15F3N2O3/c19-18(20,21)26-15-7-2-5-13(11-15)22-17(25)12-4-1-6-14(10-12)23-9-3-8-16(23)24/h1-2,4-7,10-11H,3,8-9H2,(H,22,25). The fourth-order valence-corrected chi connectivity index (χ4v) is 2.71. The number of amides is 2. The van der Waals surface area contributed by atoms with Gasteiger partial charge in [0.25, 0.3) is 5.91 Å². The SMILES string of the molecule is O=C(Nc1cccc(OC(F)(F)F)c1)c1cccc(N2CCCC2=O)c1. The zero-order valence-electron chi connectivity index (χ0n) is 13.5. The van der Waals surface area contributed by atoms with Crippen molar-refractivity contribution in [2.45, 2.75) is 19.2 Å². The van der Waals surface area contributed by atoms with Gasteiger partial charge in [-0.25, -0.2) is 0 Å². The predicted octanol–water partition coefficient (Wildman–Crippen LogP) is 3.96. The molecule has 2 aromatic carbocycles. The number of carbonyl (C=O) groups is 2. The summed E-state index contributed by atoms with van der Waals surface area (Å²) in [4.78, 5) is 25.8. The van der Waals surface area contributed by atoms with Gasteiger partial charge in [-0.15, -0.1) is 13.2 Å². The van der Waals surface area contributed by atoms with E-state index < -0.39 is 18.0 Å². The van der Waals surface area contributed by atoms with E-state index in [2.05, 4.69) is 10.1 Å². The minimum absolute atomic E-state index is 0.000409. The molecule has 8 heteroatoms. The Bertz CT molecular complexity index is 836. The minimum Gasteiger partial charge on any atom is -0.406 e. The van der Waals surface area contributed by atoms with Crippen LogP contribution in [0.3, 0.4) is 0 Å². The Balaban J connectivity index is 1.74. The molecule has 1 aliphatic rings. The fourth-order valence-electron chi connectivity index (χ4n) is 2.71. The van der Waals surface area contributed by atoms with E-state index >= 15 is 0 Å². The van der Waals surface area contributed by atoms with Gasteiger partial charge < -0.3 is 15.0 Å². The van der Waals surface area contributed by atoms with E-state index in [0.717, 1.165) is 18.6 Å². The molecular formula is C18H15F3N2O3. The highest BCUT2D eigenvalue weighted by Gasteiger charge is 2.31. The molecule has 1 heterocycles. The lowest BCUT2D eigenvalue weighted by Crippen LogP contribution is -2.24. The van der Waals surface area contributed by atoms with Gasteiger partial charge in [0.15, 0.2) is 0 Å². The summed E-state index contributed by atoms with van der Waals surface area (Å²) in [6.45, 7) is 0.598. The first-order valence-electron chi connectivity index (χ1n) is 7.89. The molecule has 0 aromatic heterocycles. The van der Waals surface area contributed by atoms with Crippen LogP contribution in [0.2, 0.25) is 0 Å². The number of alkyl halides is 3. The van der Waals surface area contributed by atoms with Crippen molar-refractivity contribution in [2.75, 3.05) is 16.8 Å². The molecule has 2 aromatic rings. The summed E-state index contributed by atoms with van der Waals surface area (Å²) in [5.41, 5.74) is 1.08. The van der Waals surface area contributed by atoms with E-state index in [1.54, 1.807) is 29.2 Å². The third kappa shape index (κ3) is 4.33. The molecule has 1 aliphatic heterocycles. The van der Waals surface area contributed by atoms with Crippen LogP contribution in [-0.4, -0.2) is 24.7 Å². The molecule has 136 valence electrons. The molecule has 0 unspecified atom stereocenters. The van der Waals surface area contributed by atoms with E-state index in [1.807, 2.05) is 0 Å². The highest BCUT2D eigenvalue weighted by Crippen LogP contribution is 2.26. The maximum atomic E-state index is 12.4. The molecule has 0 spiro atoms. The predicted molar refractivity (Wildman–Crippen MR) is 89.1 cm³/mol. The molecule has 1 saturated heterocycles. The van der Waals surface area contributed by atoms with E-state index in [9.17, 15) is 22.8 Å². The van der Waals surface area contributed by atoms with Crippen molar-refractivity contribution in [2.24, 2.45) is 0 Å². The van der Waals surface area contributed by atoms with Crippen LogP contribution in [0.15, 0.2) is 48.5 Å². The lowest BCUT2D eigenvalue weighted by Gasteiger charge is -2.16. The van der Waals surface area contributed by atoms with Gasteiger partial charge in [-0.3, -0.25) is 9.59 Å². The zero-order chi connectivity index (χ0) is 18.7. The third-order valence-corrected chi connectivity index (χ3v) is 3.82. The van der Waals surface area contributed by atoms with Crippen molar-refractivity contribution < 1.29 is 27.5 Å². The van der Waals surface area contributed by atoms with Gasteiger partial charge in [0, 0.05) is 36.0 Å². The highest BCUT2D eigenvalue weighted by molar-refractivity contribution is 6.05. The molecule has 1 N–H and O–H groups in total. The molecule has 0 bridgehead atoms. The number of nitrogens with zero attached hydrogens (tertiary/aromatic N) is 1. The van der Waals surface area contributed by atoms with Crippen LogP contribution in [-0.2, 0) is 4.79 Å². The molecule has 2 amide bonds. The Labute approximate surface area is 147 Å². The molecular weight excluding hydrogens is 349 g/mol. The lowest BCUT2D eigenvalue weighted by atomic mass is 10.1. The first kappa shape index (κ1) is 17.8. The van der Waals surface area contributed by atoms with Crippen LogP contribution in [0, 0.1) is 0 Å². The summed E-state index contributed by atoms with van der Waals surface area (Å²) in [6, 6.07) is 11.5. The number of ether oxygens (including phenoxy) is 1. The smallest absolute Gasteiger partial charge is 0.406 e. The summed E-state index contributed by atoms with van der Waals surface area (Å²) >= 11 is 0. The van der Waals surface area contributed by atoms with Crippen LogP contribution >= 0.6 is 0 Å². The summed E-state index contributed by atoms with van der Waals surface area (Å²) < 4.78 is 40.7. The maximum Gasteiger partial charge on any atom is 0.573 e. The first-order chi connectivity index (χ1) is 12.3. The second kappa shape index (κ2) is 7.07. The monoisotopic (exact) mass is 364 g/mol. The van der Waals surface area contributed by atoms with E-state index in [0.29, 0.717) is 24.2 Å².